The van der Waals surface area contributed by atoms with Crippen molar-refractivity contribution in [2.24, 2.45) is 5.92 Å². The summed E-state index contributed by atoms with van der Waals surface area (Å²) in [5, 5.41) is 4.34. The maximum Gasteiger partial charge on any atom is 0.431 e. The normalized spacial score (nSPS) is 19.0. The molecule has 7 nitrogen and oxygen atoms in total. The van der Waals surface area contributed by atoms with Gasteiger partial charge in [-0.05, 0) is 38.5 Å². The molecule has 200 valence electrons. The smallest absolute Gasteiger partial charge is 0.431 e. The van der Waals surface area contributed by atoms with Crippen LogP contribution in [0.15, 0.2) is 12.2 Å². The van der Waals surface area contributed by atoms with Crippen LogP contribution < -0.4 is 0 Å². The number of alkyl halides is 7. The largest absolute Gasteiger partial charge is 0.455 e. The Morgan fingerprint density at radius 1 is 1.09 bits per heavy atom. The first-order chi connectivity index (χ1) is 15.3. The lowest BCUT2D eigenvalue weighted by Gasteiger charge is -2.37. The molecule has 15 heteroatoms. The first-order valence-corrected chi connectivity index (χ1v) is 11.7. The first kappa shape index (κ1) is 30.6. The van der Waals surface area contributed by atoms with Gasteiger partial charge in [0.1, 0.15) is 6.10 Å². The SMILES string of the molecule is C=C(COCCCCC(F)(F)C(F)(F)S(=O)(=O)O)C(=O)OC(C1CCCC1)C(C)(O)C(F)(F)F. The van der Waals surface area contributed by atoms with E-state index in [4.69, 9.17) is 14.0 Å². The molecule has 0 bridgehead atoms. The number of esters is 1. The summed E-state index contributed by atoms with van der Waals surface area (Å²) in [5.41, 5.74) is -3.74. The summed E-state index contributed by atoms with van der Waals surface area (Å²) in [6.45, 7) is 2.87. The highest BCUT2D eigenvalue weighted by molar-refractivity contribution is 7.87. The van der Waals surface area contributed by atoms with Gasteiger partial charge in [-0.25, -0.2) is 4.79 Å². The van der Waals surface area contributed by atoms with Crippen molar-refractivity contribution in [3.8, 4) is 0 Å². The number of unbranched alkanes of at least 4 members (excludes halogenated alkanes) is 1. The van der Waals surface area contributed by atoms with Crippen molar-refractivity contribution < 1.29 is 63.1 Å². The highest BCUT2D eigenvalue weighted by atomic mass is 32.2. The van der Waals surface area contributed by atoms with E-state index in [-0.39, 0.29) is 13.0 Å². The van der Waals surface area contributed by atoms with Crippen molar-refractivity contribution in [2.45, 2.75) is 80.9 Å². The van der Waals surface area contributed by atoms with E-state index in [0.29, 0.717) is 32.6 Å². The van der Waals surface area contributed by atoms with Gasteiger partial charge in [-0.1, -0.05) is 19.4 Å². The summed E-state index contributed by atoms with van der Waals surface area (Å²) >= 11 is 0. The number of carbonyl (C=O) groups is 1. The summed E-state index contributed by atoms with van der Waals surface area (Å²) in [4.78, 5) is 12.2. The molecule has 1 fully saturated rings. The zero-order valence-electron chi connectivity index (χ0n) is 18.2. The van der Waals surface area contributed by atoms with E-state index in [1.165, 1.54) is 0 Å². The number of rotatable bonds is 13. The molecule has 0 aromatic rings. The fourth-order valence-corrected chi connectivity index (χ4v) is 3.91. The Hall–Kier alpha value is -1.45. The third kappa shape index (κ3) is 7.28. The molecule has 0 heterocycles. The summed E-state index contributed by atoms with van der Waals surface area (Å²) < 4.78 is 132. The maximum atomic E-state index is 13.4. The number of halogens is 7. The monoisotopic (exact) mass is 532 g/mol. The Labute approximate surface area is 192 Å². The second-order valence-electron chi connectivity index (χ2n) is 8.33. The fourth-order valence-electron chi connectivity index (χ4n) is 3.43. The van der Waals surface area contributed by atoms with Crippen LogP contribution in [0.5, 0.6) is 0 Å². The minimum Gasteiger partial charge on any atom is -0.455 e. The van der Waals surface area contributed by atoms with Crippen LogP contribution >= 0.6 is 0 Å². The molecule has 0 aromatic carbocycles. The third-order valence-corrected chi connectivity index (χ3v) is 6.48. The predicted molar refractivity (Wildman–Crippen MR) is 104 cm³/mol. The lowest BCUT2D eigenvalue weighted by molar-refractivity contribution is -0.291. The Morgan fingerprint density at radius 3 is 2.09 bits per heavy atom. The number of hydrogen-bond acceptors (Lipinski definition) is 6. The maximum absolute atomic E-state index is 13.4. The first-order valence-electron chi connectivity index (χ1n) is 10.2. The summed E-state index contributed by atoms with van der Waals surface area (Å²) in [7, 11) is -6.33. The standard InChI is InChI=1S/C19H27F7O7S/c1-12(11-32-10-6-5-9-17(20,21)19(25,26)34(29,30)31)15(27)33-14(13-7-3-4-8-13)16(2,28)18(22,23)24/h13-14,28H,1,3-11H2,2H3,(H,29,30,31). The Bertz CT molecular complexity index is 819. The van der Waals surface area contributed by atoms with E-state index in [1.54, 1.807) is 0 Å². The van der Waals surface area contributed by atoms with Gasteiger partial charge in [0.2, 0.25) is 0 Å². The molecule has 34 heavy (non-hydrogen) atoms. The van der Waals surface area contributed by atoms with Crippen molar-refractivity contribution in [3.63, 3.8) is 0 Å². The molecule has 0 radical (unpaired) electrons. The van der Waals surface area contributed by atoms with Crippen molar-refractivity contribution >= 4 is 16.1 Å². The van der Waals surface area contributed by atoms with Crippen LogP contribution in [0.4, 0.5) is 30.7 Å². The van der Waals surface area contributed by atoms with Crippen molar-refractivity contribution in [2.75, 3.05) is 13.2 Å². The van der Waals surface area contributed by atoms with Crippen LogP contribution in [0.3, 0.4) is 0 Å². The minimum atomic E-state index is -6.33. The zero-order chi connectivity index (χ0) is 26.6. The molecule has 1 rings (SSSR count). The van der Waals surface area contributed by atoms with Gasteiger partial charge in [0.25, 0.3) is 0 Å². The minimum absolute atomic E-state index is 0.285. The van der Waals surface area contributed by atoms with E-state index in [9.17, 15) is 49.1 Å². The van der Waals surface area contributed by atoms with Gasteiger partial charge in [-0.15, -0.1) is 0 Å². The number of aliphatic hydroxyl groups is 1. The molecule has 0 saturated heterocycles. The quantitative estimate of drug-likeness (QED) is 0.120. The molecule has 2 unspecified atom stereocenters. The molecule has 0 spiro atoms. The number of ether oxygens (including phenoxy) is 2. The van der Waals surface area contributed by atoms with Gasteiger partial charge in [-0.2, -0.15) is 39.2 Å². The molecule has 1 saturated carbocycles. The van der Waals surface area contributed by atoms with Crippen molar-refractivity contribution in [3.05, 3.63) is 12.2 Å². The molecule has 1 aliphatic rings. The summed E-state index contributed by atoms with van der Waals surface area (Å²) in [5.74, 6) is -7.03. The van der Waals surface area contributed by atoms with E-state index < -0.39 is 76.1 Å². The molecule has 0 amide bonds. The van der Waals surface area contributed by atoms with E-state index in [1.807, 2.05) is 0 Å². The Morgan fingerprint density at radius 2 is 1.62 bits per heavy atom. The van der Waals surface area contributed by atoms with Gasteiger partial charge in [0.15, 0.2) is 5.60 Å². The van der Waals surface area contributed by atoms with Gasteiger partial charge >= 0.3 is 33.4 Å². The Kier molecular flexibility index (Phi) is 9.97. The highest BCUT2D eigenvalue weighted by Crippen LogP contribution is 2.43. The number of hydrogen-bond donors (Lipinski definition) is 2. The van der Waals surface area contributed by atoms with Gasteiger partial charge in [-0.3, -0.25) is 4.55 Å². The van der Waals surface area contributed by atoms with Gasteiger partial charge in [0, 0.05) is 13.0 Å². The molecular formula is C19H27F7O7S. The lowest BCUT2D eigenvalue weighted by Crippen LogP contribution is -2.56. The molecular weight excluding hydrogens is 505 g/mol. The average Bonchev–Trinajstić information content (AvgIpc) is 3.20. The van der Waals surface area contributed by atoms with Crippen LogP contribution in [-0.4, -0.2) is 66.3 Å². The zero-order valence-corrected chi connectivity index (χ0v) is 19.0. The van der Waals surface area contributed by atoms with Gasteiger partial charge < -0.3 is 14.6 Å². The second-order valence-corrected chi connectivity index (χ2v) is 9.79. The Balaban J connectivity index is 2.55. The van der Waals surface area contributed by atoms with Crippen molar-refractivity contribution in [1.29, 1.82) is 0 Å². The van der Waals surface area contributed by atoms with Gasteiger partial charge in [0.05, 0.1) is 12.2 Å². The van der Waals surface area contributed by atoms with Crippen LogP contribution in [0.1, 0.15) is 51.9 Å². The molecule has 0 aliphatic heterocycles. The fraction of sp³-hybridized carbons (Fsp3) is 0.842. The predicted octanol–water partition coefficient (Wildman–Crippen LogP) is 4.26. The van der Waals surface area contributed by atoms with Crippen LogP contribution in [-0.2, 0) is 24.4 Å². The third-order valence-electron chi connectivity index (χ3n) is 5.53. The summed E-state index contributed by atoms with van der Waals surface area (Å²) in [6, 6.07) is 0. The average molecular weight is 532 g/mol. The van der Waals surface area contributed by atoms with E-state index >= 15 is 0 Å². The van der Waals surface area contributed by atoms with Crippen LogP contribution in [0.2, 0.25) is 0 Å². The van der Waals surface area contributed by atoms with Crippen molar-refractivity contribution in [1.82, 2.24) is 0 Å². The van der Waals surface area contributed by atoms with Crippen LogP contribution in [0, 0.1) is 5.92 Å². The molecule has 2 N–H and O–H groups in total. The molecule has 1 aliphatic carbocycles. The molecule has 2 atom stereocenters. The second kappa shape index (κ2) is 11.1. The van der Waals surface area contributed by atoms with E-state index in [0.717, 1.165) is 0 Å². The lowest BCUT2D eigenvalue weighted by atomic mass is 9.86. The molecule has 0 aromatic heterocycles. The summed E-state index contributed by atoms with van der Waals surface area (Å²) in [6.07, 6.45) is -7.65. The number of carbonyl (C=O) groups excluding carboxylic acids is 1. The highest BCUT2D eigenvalue weighted by Gasteiger charge is 2.65. The van der Waals surface area contributed by atoms with Crippen LogP contribution in [0.25, 0.3) is 0 Å². The topological polar surface area (TPSA) is 110 Å². The van der Waals surface area contributed by atoms with E-state index in [2.05, 4.69) is 6.58 Å².